The summed E-state index contributed by atoms with van der Waals surface area (Å²) in [5.74, 6) is 0.108. The highest BCUT2D eigenvalue weighted by molar-refractivity contribution is 5.82. The van der Waals surface area contributed by atoms with Crippen molar-refractivity contribution in [1.82, 2.24) is 0 Å². The van der Waals surface area contributed by atoms with Gasteiger partial charge in [0.15, 0.2) is 0 Å². The number of hydrogen-bond acceptors (Lipinski definition) is 3. The van der Waals surface area contributed by atoms with Crippen LogP contribution in [0.5, 0.6) is 5.75 Å². The Morgan fingerprint density at radius 3 is 2.89 bits per heavy atom. The lowest BCUT2D eigenvalue weighted by atomic mass is 9.89. The minimum absolute atomic E-state index is 0.0806. The highest BCUT2D eigenvalue weighted by atomic mass is 16.5. The number of phenols is 1. The number of esters is 1. The zero-order valence-corrected chi connectivity index (χ0v) is 11.7. The SMILES string of the molecule is CCOC(=O)[C@@H]1C(C)(C)[C@]12CCc1ccc(O)cc12. The molecule has 19 heavy (non-hydrogen) atoms. The first-order valence-electron chi connectivity index (χ1n) is 6.94. The second kappa shape index (κ2) is 3.75. The van der Waals surface area contributed by atoms with Crippen LogP contribution in [-0.2, 0) is 21.4 Å². The number of carbonyl (C=O) groups excluding carboxylic acids is 1. The van der Waals surface area contributed by atoms with Gasteiger partial charge in [0.05, 0.1) is 12.5 Å². The van der Waals surface area contributed by atoms with Gasteiger partial charge in [-0.05, 0) is 48.4 Å². The molecule has 2 aliphatic rings. The summed E-state index contributed by atoms with van der Waals surface area (Å²) in [6.07, 6.45) is 1.96. The molecular formula is C16H20O3. The van der Waals surface area contributed by atoms with E-state index < -0.39 is 0 Å². The molecule has 2 atom stereocenters. The Kier molecular flexibility index (Phi) is 2.47. The van der Waals surface area contributed by atoms with Crippen molar-refractivity contribution in [2.75, 3.05) is 6.61 Å². The van der Waals surface area contributed by atoms with E-state index in [1.54, 1.807) is 6.07 Å². The third-order valence-electron chi connectivity index (χ3n) is 5.17. The molecule has 102 valence electrons. The number of phenolic OH excluding ortho intramolecular Hbond substituents is 1. The Bertz CT molecular complexity index is 547. The fraction of sp³-hybridized carbons (Fsp3) is 0.562. The first-order chi connectivity index (χ1) is 8.95. The molecular weight excluding hydrogens is 240 g/mol. The van der Waals surface area contributed by atoms with E-state index in [9.17, 15) is 9.90 Å². The smallest absolute Gasteiger partial charge is 0.310 e. The van der Waals surface area contributed by atoms with Crippen molar-refractivity contribution in [3.05, 3.63) is 29.3 Å². The molecule has 0 aromatic heterocycles. The van der Waals surface area contributed by atoms with Crippen LogP contribution in [0.1, 0.15) is 38.3 Å². The number of aryl methyl sites for hydroxylation is 1. The van der Waals surface area contributed by atoms with Gasteiger partial charge in [0.1, 0.15) is 5.75 Å². The van der Waals surface area contributed by atoms with Gasteiger partial charge in [0.2, 0.25) is 0 Å². The van der Waals surface area contributed by atoms with Crippen LogP contribution in [-0.4, -0.2) is 17.7 Å². The van der Waals surface area contributed by atoms with E-state index in [-0.39, 0.29) is 28.5 Å². The summed E-state index contributed by atoms with van der Waals surface area (Å²) >= 11 is 0. The van der Waals surface area contributed by atoms with Crippen molar-refractivity contribution in [3.63, 3.8) is 0 Å². The van der Waals surface area contributed by atoms with Crippen molar-refractivity contribution in [1.29, 1.82) is 0 Å². The van der Waals surface area contributed by atoms with Crippen LogP contribution in [0, 0.1) is 11.3 Å². The second-order valence-electron chi connectivity index (χ2n) is 6.22. The minimum Gasteiger partial charge on any atom is -0.508 e. The van der Waals surface area contributed by atoms with Crippen molar-refractivity contribution in [2.24, 2.45) is 11.3 Å². The van der Waals surface area contributed by atoms with Gasteiger partial charge in [-0.15, -0.1) is 0 Å². The van der Waals surface area contributed by atoms with Crippen LogP contribution in [0.2, 0.25) is 0 Å². The van der Waals surface area contributed by atoms with Crippen molar-refractivity contribution in [2.45, 2.75) is 39.0 Å². The number of benzene rings is 1. The summed E-state index contributed by atoms with van der Waals surface area (Å²) in [5.41, 5.74) is 2.19. The predicted molar refractivity (Wildman–Crippen MR) is 72.0 cm³/mol. The molecule has 1 aromatic rings. The third-order valence-corrected chi connectivity index (χ3v) is 5.17. The van der Waals surface area contributed by atoms with E-state index in [1.165, 1.54) is 5.56 Å². The van der Waals surface area contributed by atoms with Crippen LogP contribution in [0.3, 0.4) is 0 Å². The summed E-state index contributed by atoms with van der Waals surface area (Å²) in [6, 6.07) is 5.55. The molecule has 2 aliphatic carbocycles. The van der Waals surface area contributed by atoms with E-state index >= 15 is 0 Å². The third kappa shape index (κ3) is 1.41. The maximum absolute atomic E-state index is 12.2. The average Bonchev–Trinajstić information content (AvgIpc) is 2.63. The summed E-state index contributed by atoms with van der Waals surface area (Å²) in [4.78, 5) is 12.2. The summed E-state index contributed by atoms with van der Waals surface area (Å²) in [7, 11) is 0. The van der Waals surface area contributed by atoms with Gasteiger partial charge in [-0.25, -0.2) is 0 Å². The molecule has 0 aliphatic heterocycles. The molecule has 0 radical (unpaired) electrons. The van der Waals surface area contributed by atoms with E-state index in [0.717, 1.165) is 18.4 Å². The lowest BCUT2D eigenvalue weighted by molar-refractivity contribution is -0.145. The van der Waals surface area contributed by atoms with E-state index in [1.807, 2.05) is 19.1 Å². The van der Waals surface area contributed by atoms with E-state index in [0.29, 0.717) is 6.61 Å². The number of hydrogen-bond donors (Lipinski definition) is 1. The molecule has 1 saturated carbocycles. The van der Waals surface area contributed by atoms with Crippen LogP contribution < -0.4 is 0 Å². The summed E-state index contributed by atoms with van der Waals surface area (Å²) in [5, 5.41) is 9.74. The number of carbonyl (C=O) groups is 1. The van der Waals surface area contributed by atoms with Gasteiger partial charge >= 0.3 is 5.97 Å². The standard InChI is InChI=1S/C16H20O3/c1-4-19-14(18)13-15(2,3)16(13)8-7-10-5-6-11(17)9-12(10)16/h5-6,9,13,17H,4,7-8H2,1-3H3/t13-,16+/m1/s1. The Hall–Kier alpha value is -1.51. The largest absolute Gasteiger partial charge is 0.508 e. The first kappa shape index (κ1) is 12.5. The topological polar surface area (TPSA) is 46.5 Å². The fourth-order valence-corrected chi connectivity index (χ4v) is 4.21. The molecule has 1 N–H and O–H groups in total. The predicted octanol–water partition coefficient (Wildman–Crippen LogP) is 2.80. The Morgan fingerprint density at radius 1 is 1.47 bits per heavy atom. The zero-order valence-electron chi connectivity index (χ0n) is 11.7. The number of ether oxygens (including phenoxy) is 1. The number of aromatic hydroxyl groups is 1. The monoisotopic (exact) mass is 260 g/mol. The lowest BCUT2D eigenvalue weighted by Gasteiger charge is -2.14. The molecule has 0 amide bonds. The van der Waals surface area contributed by atoms with Crippen LogP contribution in [0.15, 0.2) is 18.2 Å². The van der Waals surface area contributed by atoms with Crippen molar-refractivity contribution >= 4 is 5.97 Å². The Labute approximate surface area is 113 Å². The van der Waals surface area contributed by atoms with Crippen LogP contribution in [0.25, 0.3) is 0 Å². The number of fused-ring (bicyclic) bond motifs is 2. The van der Waals surface area contributed by atoms with Gasteiger partial charge in [-0.2, -0.15) is 0 Å². The molecule has 3 nitrogen and oxygen atoms in total. The molecule has 0 bridgehead atoms. The maximum Gasteiger partial charge on any atom is 0.310 e. The highest BCUT2D eigenvalue weighted by Crippen LogP contribution is 2.74. The van der Waals surface area contributed by atoms with E-state index in [2.05, 4.69) is 13.8 Å². The second-order valence-corrected chi connectivity index (χ2v) is 6.22. The zero-order chi connectivity index (χ0) is 13.8. The number of rotatable bonds is 2. The average molecular weight is 260 g/mol. The molecule has 0 unspecified atom stereocenters. The maximum atomic E-state index is 12.2. The summed E-state index contributed by atoms with van der Waals surface area (Å²) in [6.45, 7) is 6.53. The highest BCUT2D eigenvalue weighted by Gasteiger charge is 2.76. The van der Waals surface area contributed by atoms with Gasteiger partial charge in [0, 0.05) is 5.41 Å². The molecule has 3 heteroatoms. The molecule has 1 aromatic carbocycles. The first-order valence-corrected chi connectivity index (χ1v) is 6.94. The van der Waals surface area contributed by atoms with Gasteiger partial charge in [0.25, 0.3) is 0 Å². The lowest BCUT2D eigenvalue weighted by Crippen LogP contribution is -2.15. The minimum atomic E-state index is -0.132. The van der Waals surface area contributed by atoms with Gasteiger partial charge < -0.3 is 9.84 Å². The molecule has 1 fully saturated rings. The fourth-order valence-electron chi connectivity index (χ4n) is 4.21. The Balaban J connectivity index is 2.04. The normalized spacial score (nSPS) is 30.2. The van der Waals surface area contributed by atoms with Gasteiger partial charge in [-0.3, -0.25) is 4.79 Å². The summed E-state index contributed by atoms with van der Waals surface area (Å²) < 4.78 is 5.23. The van der Waals surface area contributed by atoms with Crippen LogP contribution >= 0.6 is 0 Å². The quantitative estimate of drug-likeness (QED) is 0.832. The van der Waals surface area contributed by atoms with Crippen LogP contribution in [0.4, 0.5) is 0 Å². The molecule has 3 rings (SSSR count). The Morgan fingerprint density at radius 2 is 2.21 bits per heavy atom. The molecule has 0 heterocycles. The van der Waals surface area contributed by atoms with Crippen molar-refractivity contribution in [3.8, 4) is 5.75 Å². The van der Waals surface area contributed by atoms with Crippen molar-refractivity contribution < 1.29 is 14.6 Å². The van der Waals surface area contributed by atoms with Gasteiger partial charge in [-0.1, -0.05) is 19.9 Å². The molecule has 1 spiro atoms. The molecule has 0 saturated heterocycles. The van der Waals surface area contributed by atoms with E-state index in [4.69, 9.17) is 4.74 Å².